The number of rotatable bonds is 15. The maximum Gasteiger partial charge on any atom is 0.228 e. The Balaban J connectivity index is 4.40. The molecule has 0 aliphatic heterocycles. The van der Waals surface area contributed by atoms with Crippen molar-refractivity contribution in [1.82, 2.24) is 10.6 Å². The lowest BCUT2D eigenvalue weighted by Gasteiger charge is -2.21. The van der Waals surface area contributed by atoms with Gasteiger partial charge in [0.05, 0.1) is 6.10 Å². The van der Waals surface area contributed by atoms with Gasteiger partial charge < -0.3 is 19.7 Å². The third-order valence-corrected chi connectivity index (χ3v) is 4.30. The maximum absolute atomic E-state index is 11.8. The van der Waals surface area contributed by atoms with E-state index in [1.54, 1.807) is 0 Å². The zero-order valence-corrected chi connectivity index (χ0v) is 16.9. The predicted octanol–water partition coefficient (Wildman–Crippen LogP) is 2.99. The van der Waals surface area contributed by atoms with E-state index in [1.807, 2.05) is 27.4 Å². The number of aliphatic imine (C=N–C) groups is 1. The number of carbonyl (C=O) groups excluding carboxylic acids is 2. The molecule has 0 bridgehead atoms. The highest BCUT2D eigenvalue weighted by Crippen LogP contribution is 2.33. The Labute approximate surface area is 153 Å². The molecule has 0 aliphatic rings. The predicted molar refractivity (Wildman–Crippen MR) is 103 cm³/mol. The van der Waals surface area contributed by atoms with Crippen LogP contribution >= 0.6 is 8.38 Å². The Kier molecular flexibility index (Phi) is 15.5. The lowest BCUT2D eigenvalue weighted by Crippen LogP contribution is -2.40. The molecular weight excluding hydrogens is 341 g/mol. The minimum atomic E-state index is -1.17. The Bertz CT molecular complexity index is 370. The van der Waals surface area contributed by atoms with Crippen molar-refractivity contribution < 1.29 is 18.6 Å². The van der Waals surface area contributed by atoms with Gasteiger partial charge >= 0.3 is 0 Å². The van der Waals surface area contributed by atoms with E-state index in [0.29, 0.717) is 32.5 Å². The number of hydrogen-bond donors (Lipinski definition) is 2. The second-order valence-electron chi connectivity index (χ2n) is 5.69. The molecule has 0 aromatic rings. The normalized spacial score (nSPS) is 12.4. The number of hydrogen-bond acceptors (Lipinski definition) is 5. The van der Waals surface area contributed by atoms with Gasteiger partial charge in [0.1, 0.15) is 0 Å². The highest BCUT2D eigenvalue weighted by molar-refractivity contribution is 7.46. The Hall–Kier alpha value is -1.20. The number of nitrogens with zero attached hydrogens (tertiary/aromatic N) is 1. The highest BCUT2D eigenvalue weighted by atomic mass is 31.2. The second kappa shape index (κ2) is 16.3. The van der Waals surface area contributed by atoms with E-state index >= 15 is 0 Å². The summed E-state index contributed by atoms with van der Waals surface area (Å²) < 4.78 is 11.2. The van der Waals surface area contributed by atoms with Crippen molar-refractivity contribution in [3.63, 3.8) is 0 Å². The van der Waals surface area contributed by atoms with Gasteiger partial charge in [-0.25, -0.2) is 0 Å². The number of amides is 2. The molecule has 0 radical (unpaired) electrons. The summed E-state index contributed by atoms with van der Waals surface area (Å²) in [5, 5.41) is 5.73. The van der Waals surface area contributed by atoms with Crippen molar-refractivity contribution >= 4 is 26.6 Å². The fraction of sp³-hybridized carbons (Fsp3) is 0.824. The van der Waals surface area contributed by atoms with E-state index in [0.717, 1.165) is 25.7 Å². The zero-order valence-electron chi connectivity index (χ0n) is 16.0. The van der Waals surface area contributed by atoms with Crippen molar-refractivity contribution in [2.45, 2.75) is 65.4 Å². The van der Waals surface area contributed by atoms with Crippen LogP contribution in [0.3, 0.4) is 0 Å². The molecule has 0 spiro atoms. The zero-order chi connectivity index (χ0) is 18.9. The van der Waals surface area contributed by atoms with Gasteiger partial charge in [-0.1, -0.05) is 26.7 Å². The topological polar surface area (TPSA) is 89.0 Å². The summed E-state index contributed by atoms with van der Waals surface area (Å²) in [6, 6.07) is 0. The van der Waals surface area contributed by atoms with Crippen molar-refractivity contribution in [2.75, 3.05) is 26.3 Å². The van der Waals surface area contributed by atoms with Crippen LogP contribution < -0.4 is 10.6 Å². The summed E-state index contributed by atoms with van der Waals surface area (Å²) in [5.74, 6) is 0.00306. The molecule has 2 N–H and O–H groups in total. The van der Waals surface area contributed by atoms with Crippen LogP contribution in [0.1, 0.15) is 59.3 Å². The van der Waals surface area contributed by atoms with E-state index in [2.05, 4.69) is 15.6 Å². The maximum atomic E-state index is 11.8. The van der Waals surface area contributed by atoms with E-state index < -0.39 is 8.38 Å². The smallest absolute Gasteiger partial charge is 0.228 e. The van der Waals surface area contributed by atoms with Gasteiger partial charge in [0.25, 0.3) is 0 Å². The molecule has 1 unspecified atom stereocenters. The van der Waals surface area contributed by atoms with Crippen molar-refractivity contribution in [1.29, 1.82) is 0 Å². The average Bonchev–Trinajstić information content (AvgIpc) is 2.60. The molecular formula is C17H34N3O4P. The first-order valence-corrected chi connectivity index (χ1v) is 10.7. The molecule has 8 heteroatoms. The molecule has 7 nitrogen and oxygen atoms in total. The summed E-state index contributed by atoms with van der Waals surface area (Å²) in [6.07, 6.45) is 5.76. The first-order chi connectivity index (χ1) is 12.0. The average molecular weight is 375 g/mol. The summed E-state index contributed by atoms with van der Waals surface area (Å²) in [7, 11) is -1.17. The van der Waals surface area contributed by atoms with Gasteiger partial charge in [0.15, 0.2) is 6.40 Å². The second-order valence-corrected chi connectivity index (χ2v) is 6.99. The van der Waals surface area contributed by atoms with Gasteiger partial charge in [-0.15, -0.1) is 0 Å². The molecule has 146 valence electrons. The molecule has 0 rings (SSSR count). The summed E-state index contributed by atoms with van der Waals surface area (Å²) in [5.41, 5.74) is 0. The number of carbonyl (C=O) groups is 2. The molecule has 0 aromatic carbocycles. The number of unbranched alkanes of at least 4 members (excludes halogenated alkanes) is 2. The third kappa shape index (κ3) is 14.8. The van der Waals surface area contributed by atoms with Gasteiger partial charge in [-0.05, 0) is 19.8 Å². The fourth-order valence-corrected chi connectivity index (χ4v) is 2.68. The molecule has 0 saturated heterocycles. The van der Waals surface area contributed by atoms with E-state index in [-0.39, 0.29) is 17.9 Å². The van der Waals surface area contributed by atoms with Gasteiger partial charge in [-0.3, -0.25) is 14.6 Å². The van der Waals surface area contributed by atoms with Crippen LogP contribution in [-0.2, 0) is 18.6 Å². The molecule has 0 aromatic heterocycles. The van der Waals surface area contributed by atoms with E-state index in [1.165, 1.54) is 6.40 Å². The van der Waals surface area contributed by atoms with Crippen LogP contribution in [0.2, 0.25) is 0 Å². The SMILES string of the molecule is CCCCC(=O)NCC(CNC(=O)CCCC)OP(C)O/C=N/CC. The molecule has 0 aliphatic carbocycles. The van der Waals surface area contributed by atoms with Crippen molar-refractivity contribution in [2.24, 2.45) is 4.99 Å². The lowest BCUT2D eigenvalue weighted by atomic mass is 10.2. The molecule has 1 atom stereocenters. The van der Waals surface area contributed by atoms with Crippen LogP contribution in [0.5, 0.6) is 0 Å². The number of nitrogens with one attached hydrogen (secondary N) is 2. The fourth-order valence-electron chi connectivity index (χ4n) is 1.86. The van der Waals surface area contributed by atoms with Crippen molar-refractivity contribution in [3.05, 3.63) is 0 Å². The molecule has 0 heterocycles. The summed E-state index contributed by atoms with van der Waals surface area (Å²) in [6.45, 7) is 9.17. The largest absolute Gasteiger partial charge is 0.437 e. The van der Waals surface area contributed by atoms with Gasteiger partial charge in [0.2, 0.25) is 20.2 Å². The molecule has 25 heavy (non-hydrogen) atoms. The van der Waals surface area contributed by atoms with Crippen LogP contribution in [0.15, 0.2) is 4.99 Å². The van der Waals surface area contributed by atoms with Crippen molar-refractivity contribution in [3.8, 4) is 0 Å². The summed E-state index contributed by atoms with van der Waals surface area (Å²) in [4.78, 5) is 27.5. The first-order valence-electron chi connectivity index (χ1n) is 9.12. The van der Waals surface area contributed by atoms with Gasteiger partial charge in [0, 0.05) is 39.1 Å². The van der Waals surface area contributed by atoms with Crippen LogP contribution in [0.25, 0.3) is 0 Å². The Morgan fingerprint density at radius 1 is 1.04 bits per heavy atom. The van der Waals surface area contributed by atoms with Crippen LogP contribution in [0.4, 0.5) is 0 Å². The summed E-state index contributed by atoms with van der Waals surface area (Å²) >= 11 is 0. The highest BCUT2D eigenvalue weighted by Gasteiger charge is 2.17. The third-order valence-electron chi connectivity index (χ3n) is 3.32. The minimum absolute atomic E-state index is 0.00153. The molecule has 0 fully saturated rings. The molecule has 2 amide bonds. The van der Waals surface area contributed by atoms with Crippen LogP contribution in [0, 0.1) is 0 Å². The minimum Gasteiger partial charge on any atom is -0.437 e. The lowest BCUT2D eigenvalue weighted by molar-refractivity contribution is -0.121. The molecule has 0 saturated carbocycles. The quantitative estimate of drug-likeness (QED) is 0.262. The monoisotopic (exact) mass is 375 g/mol. The standard InChI is InChI=1S/C17H34N3O4P/c1-5-8-10-16(21)19-12-15(13-20-17(22)11-9-6-2)24-25(4)23-14-18-7-3/h14-15H,5-13H2,1-4H3,(H,19,21)(H,20,22)/b18-14+. The van der Waals surface area contributed by atoms with E-state index in [9.17, 15) is 9.59 Å². The van der Waals surface area contributed by atoms with Crippen LogP contribution in [-0.4, -0.2) is 50.6 Å². The Morgan fingerprint density at radius 3 is 2.00 bits per heavy atom. The first kappa shape index (κ1) is 23.8. The Morgan fingerprint density at radius 2 is 1.56 bits per heavy atom. The van der Waals surface area contributed by atoms with E-state index in [4.69, 9.17) is 9.05 Å². The van der Waals surface area contributed by atoms with Gasteiger partial charge in [-0.2, -0.15) is 0 Å².